The minimum Gasteiger partial charge on any atom is -0.462 e. The van der Waals surface area contributed by atoms with E-state index in [9.17, 15) is 43.2 Å². The smallest absolute Gasteiger partial charge is 0.462 e. The quantitative estimate of drug-likeness (QED) is 0.0222. The van der Waals surface area contributed by atoms with Gasteiger partial charge in [0.2, 0.25) is 0 Å². The number of hydrogen-bond acceptors (Lipinski definition) is 15. The van der Waals surface area contributed by atoms with Crippen molar-refractivity contribution in [1.29, 1.82) is 0 Å². The molecule has 0 aliphatic rings. The Labute approximate surface area is 638 Å². The third-order valence-corrected chi connectivity index (χ3v) is 22.0. The number of carbonyl (C=O) groups is 4. The van der Waals surface area contributed by atoms with Gasteiger partial charge in [0, 0.05) is 25.7 Å². The van der Waals surface area contributed by atoms with Gasteiger partial charge in [-0.05, 0) is 25.7 Å². The summed E-state index contributed by atoms with van der Waals surface area (Å²) in [6, 6.07) is 0. The zero-order valence-corrected chi connectivity index (χ0v) is 69.8. The van der Waals surface area contributed by atoms with Gasteiger partial charge < -0.3 is 33.8 Å². The second kappa shape index (κ2) is 79.2. The highest BCUT2D eigenvalue weighted by molar-refractivity contribution is 7.47. The van der Waals surface area contributed by atoms with Crippen LogP contribution in [0.25, 0.3) is 0 Å². The van der Waals surface area contributed by atoms with Crippen molar-refractivity contribution >= 4 is 39.5 Å². The highest BCUT2D eigenvalue weighted by Gasteiger charge is 2.30. The van der Waals surface area contributed by atoms with Crippen molar-refractivity contribution < 1.29 is 80.2 Å². The Balaban J connectivity index is 5.26. The summed E-state index contributed by atoms with van der Waals surface area (Å²) < 4.78 is 68.9. The van der Waals surface area contributed by atoms with Crippen molar-refractivity contribution in [2.24, 2.45) is 0 Å². The van der Waals surface area contributed by atoms with Crippen LogP contribution in [-0.2, 0) is 65.4 Å². The van der Waals surface area contributed by atoms with Crippen LogP contribution in [0.2, 0.25) is 0 Å². The van der Waals surface area contributed by atoms with Crippen LogP contribution in [0.1, 0.15) is 464 Å². The molecule has 5 atom stereocenters. The first kappa shape index (κ1) is 102. The van der Waals surface area contributed by atoms with Gasteiger partial charge >= 0.3 is 39.5 Å². The molecule has 0 saturated heterocycles. The van der Waals surface area contributed by atoms with Crippen LogP contribution in [0, 0.1) is 0 Å². The lowest BCUT2D eigenvalue weighted by molar-refractivity contribution is -0.161. The first-order chi connectivity index (χ1) is 50.7. The lowest BCUT2D eigenvalue weighted by atomic mass is 10.0. The molecule has 3 N–H and O–H groups in total. The van der Waals surface area contributed by atoms with E-state index in [0.29, 0.717) is 25.7 Å². The maximum Gasteiger partial charge on any atom is 0.472 e. The summed E-state index contributed by atoms with van der Waals surface area (Å²) in [6.45, 7) is 5.07. The highest BCUT2D eigenvalue weighted by Crippen LogP contribution is 2.45. The zero-order chi connectivity index (χ0) is 76.0. The van der Waals surface area contributed by atoms with E-state index >= 15 is 0 Å². The molecule has 19 heteroatoms. The third kappa shape index (κ3) is 78.2. The van der Waals surface area contributed by atoms with E-state index in [2.05, 4.69) is 27.7 Å². The molecule has 0 rings (SSSR count). The van der Waals surface area contributed by atoms with Crippen LogP contribution < -0.4 is 0 Å². The van der Waals surface area contributed by atoms with Crippen LogP contribution in [0.4, 0.5) is 0 Å². The molecule has 0 aliphatic carbocycles. The maximum absolute atomic E-state index is 13.1. The average Bonchev–Trinajstić information content (AvgIpc) is 0.936. The van der Waals surface area contributed by atoms with Gasteiger partial charge in [0.25, 0.3) is 0 Å². The molecule has 17 nitrogen and oxygen atoms in total. The van der Waals surface area contributed by atoms with E-state index in [0.717, 1.165) is 89.9 Å². The standard InChI is InChI=1S/C85H166O17P2/c1-5-9-13-17-21-25-29-33-36-39-42-46-50-54-58-62-66-70-83(88)96-76-81(102-85(90)72-68-64-60-56-52-48-44-41-38-35-31-27-23-19-15-11-7-3)78-100-104(93,94)98-74-79(86)73-97-103(91,92)99-77-80(75-95-82(87)69-65-61-57-53-49-45-32-28-24-20-16-12-8-4)101-84(89)71-67-63-59-55-51-47-43-40-37-34-30-26-22-18-14-10-6-2/h79-81,86H,5-78H2,1-4H3,(H,91,92)(H,93,94)/t79-,80-,81-/m1/s1. The van der Waals surface area contributed by atoms with E-state index in [1.54, 1.807) is 0 Å². The van der Waals surface area contributed by atoms with Gasteiger partial charge in [0.1, 0.15) is 19.3 Å². The number of esters is 4. The largest absolute Gasteiger partial charge is 0.472 e. The molecule has 0 aromatic heterocycles. The van der Waals surface area contributed by atoms with Crippen molar-refractivity contribution in [1.82, 2.24) is 0 Å². The number of aliphatic hydroxyl groups excluding tert-OH is 1. The fourth-order valence-corrected chi connectivity index (χ4v) is 14.9. The molecule has 0 radical (unpaired) electrons. The number of aliphatic hydroxyl groups is 1. The molecule has 104 heavy (non-hydrogen) atoms. The number of carbonyl (C=O) groups excluding carboxylic acids is 4. The van der Waals surface area contributed by atoms with Crippen molar-refractivity contribution in [2.75, 3.05) is 39.6 Å². The van der Waals surface area contributed by atoms with Crippen molar-refractivity contribution in [3.63, 3.8) is 0 Å². The van der Waals surface area contributed by atoms with Gasteiger partial charge in [-0.25, -0.2) is 9.13 Å². The Morgan fingerprint density at radius 1 is 0.231 bits per heavy atom. The number of phosphoric ester groups is 2. The van der Waals surface area contributed by atoms with Crippen LogP contribution in [-0.4, -0.2) is 96.7 Å². The Hall–Kier alpha value is -1.94. The summed E-state index contributed by atoms with van der Waals surface area (Å²) in [5.74, 6) is -2.10. The molecule has 2 unspecified atom stereocenters. The predicted molar refractivity (Wildman–Crippen MR) is 428 cm³/mol. The fourth-order valence-electron chi connectivity index (χ4n) is 13.3. The highest BCUT2D eigenvalue weighted by atomic mass is 31.2. The van der Waals surface area contributed by atoms with Crippen molar-refractivity contribution in [3.8, 4) is 0 Å². The van der Waals surface area contributed by atoms with Crippen LogP contribution >= 0.6 is 15.6 Å². The molecular formula is C85H166O17P2. The molecule has 0 amide bonds. The monoisotopic (exact) mass is 1520 g/mol. The van der Waals surface area contributed by atoms with Crippen LogP contribution in [0.3, 0.4) is 0 Å². The van der Waals surface area contributed by atoms with Crippen LogP contribution in [0.5, 0.6) is 0 Å². The number of rotatable bonds is 86. The minimum atomic E-state index is -4.96. The summed E-state index contributed by atoms with van der Waals surface area (Å²) in [7, 11) is -9.93. The summed E-state index contributed by atoms with van der Waals surface area (Å²) >= 11 is 0. The molecule has 0 spiro atoms. The topological polar surface area (TPSA) is 237 Å². The molecule has 0 saturated carbocycles. The van der Waals surface area contributed by atoms with Gasteiger partial charge in [-0.2, -0.15) is 0 Å². The van der Waals surface area contributed by atoms with Crippen molar-refractivity contribution in [2.45, 2.75) is 483 Å². The Morgan fingerprint density at radius 3 is 0.567 bits per heavy atom. The predicted octanol–water partition coefficient (Wildman–Crippen LogP) is 26.1. The summed E-state index contributed by atoms with van der Waals surface area (Å²) in [6.07, 6.45) is 73.4. The van der Waals surface area contributed by atoms with E-state index < -0.39 is 97.5 Å². The molecule has 0 fully saturated rings. The van der Waals surface area contributed by atoms with Crippen LogP contribution in [0.15, 0.2) is 0 Å². The number of unbranched alkanes of at least 4 members (excludes halogenated alkanes) is 60. The van der Waals surface area contributed by atoms with Gasteiger partial charge in [-0.3, -0.25) is 37.3 Å². The molecule has 618 valence electrons. The second-order valence-corrected chi connectivity index (χ2v) is 33.5. The first-order valence-electron chi connectivity index (χ1n) is 44.3. The van der Waals surface area contributed by atoms with E-state index in [-0.39, 0.29) is 25.7 Å². The Bertz CT molecular complexity index is 1960. The molecule has 0 bridgehead atoms. The van der Waals surface area contributed by atoms with E-state index in [4.69, 9.17) is 37.0 Å². The SMILES string of the molecule is CCCCCCCCCCCCCCCCCCCC(=O)OC[C@H](COP(=O)(O)OC[C@H](O)COP(=O)(O)OC[C@@H](COC(=O)CCCCCCCCCCCCCCC)OC(=O)CCCCCCCCCCCCCCCCCCC)OC(=O)CCCCCCCCCCCCCCCCCCC. The fraction of sp³-hybridized carbons (Fsp3) is 0.953. The molecule has 0 aromatic rings. The third-order valence-electron chi connectivity index (χ3n) is 20.1. The second-order valence-electron chi connectivity index (χ2n) is 30.6. The molecule has 0 aromatic carbocycles. The summed E-state index contributed by atoms with van der Waals surface area (Å²) in [5.41, 5.74) is 0. The minimum absolute atomic E-state index is 0.110. The Morgan fingerprint density at radius 2 is 0.385 bits per heavy atom. The average molecular weight is 1520 g/mol. The number of ether oxygens (including phenoxy) is 4. The number of phosphoric acid groups is 2. The Kier molecular flexibility index (Phi) is 77.7. The zero-order valence-electron chi connectivity index (χ0n) is 68.0. The molecule has 0 heterocycles. The maximum atomic E-state index is 13.1. The molecule has 0 aliphatic heterocycles. The molecular weight excluding hydrogens is 1350 g/mol. The lowest BCUT2D eigenvalue weighted by Crippen LogP contribution is -2.30. The van der Waals surface area contributed by atoms with E-state index in [1.165, 1.54) is 295 Å². The number of hydrogen-bond donors (Lipinski definition) is 3. The normalized spacial score (nSPS) is 13.7. The summed E-state index contributed by atoms with van der Waals surface area (Å²) in [5, 5.41) is 10.7. The van der Waals surface area contributed by atoms with Gasteiger partial charge in [0.15, 0.2) is 12.2 Å². The first-order valence-corrected chi connectivity index (χ1v) is 47.3. The van der Waals surface area contributed by atoms with Gasteiger partial charge in [-0.15, -0.1) is 0 Å². The van der Waals surface area contributed by atoms with Crippen molar-refractivity contribution in [3.05, 3.63) is 0 Å². The van der Waals surface area contributed by atoms with Gasteiger partial charge in [0.05, 0.1) is 26.4 Å². The lowest BCUT2D eigenvalue weighted by Gasteiger charge is -2.21. The van der Waals surface area contributed by atoms with E-state index in [1.807, 2.05) is 0 Å². The summed E-state index contributed by atoms with van der Waals surface area (Å²) in [4.78, 5) is 73.2. The van der Waals surface area contributed by atoms with Gasteiger partial charge in [-0.1, -0.05) is 413 Å².